The monoisotopic (exact) mass is 476 g/mol. The second-order valence-electron chi connectivity index (χ2n) is 6.76. The van der Waals surface area contributed by atoms with E-state index in [1.807, 2.05) is 12.1 Å². The van der Waals surface area contributed by atoms with E-state index in [1.54, 1.807) is 12.1 Å². The fourth-order valence-corrected chi connectivity index (χ4v) is 4.55. The number of fused-ring (bicyclic) bond motifs is 1. The molecule has 1 saturated heterocycles. The number of carbonyl (C=O) groups excluding carboxylic acids is 2. The Morgan fingerprint density at radius 1 is 1.26 bits per heavy atom. The highest BCUT2D eigenvalue weighted by Crippen LogP contribution is 2.36. The summed E-state index contributed by atoms with van der Waals surface area (Å²) in [5.74, 6) is 0.762. The van der Waals surface area contributed by atoms with Crippen molar-refractivity contribution in [2.45, 2.75) is 12.8 Å². The molecule has 2 aromatic carbocycles. The van der Waals surface area contributed by atoms with Crippen molar-refractivity contribution in [3.05, 3.63) is 51.9 Å². The minimum atomic E-state index is -0.293. The topological polar surface area (TPSA) is 88.1 Å². The van der Waals surface area contributed by atoms with Gasteiger partial charge in [-0.3, -0.25) is 14.5 Å². The lowest BCUT2D eigenvalue weighted by atomic mass is 10.2. The third kappa shape index (κ3) is 4.95. The van der Waals surface area contributed by atoms with Gasteiger partial charge in [0.05, 0.1) is 10.6 Å². The van der Waals surface area contributed by atoms with Crippen LogP contribution < -0.4 is 14.8 Å². The predicted molar refractivity (Wildman–Crippen MR) is 123 cm³/mol. The Labute approximate surface area is 193 Å². The average molecular weight is 477 g/mol. The third-order valence-corrected chi connectivity index (χ3v) is 6.20. The number of thioether (sulfide) groups is 1. The number of halogens is 1. The molecule has 0 aromatic heterocycles. The number of rotatable bonds is 6. The number of hydrogen-bond donors (Lipinski definition) is 2. The van der Waals surface area contributed by atoms with E-state index in [9.17, 15) is 14.7 Å². The van der Waals surface area contributed by atoms with Gasteiger partial charge >= 0.3 is 0 Å². The summed E-state index contributed by atoms with van der Waals surface area (Å²) in [7, 11) is 0. The van der Waals surface area contributed by atoms with Gasteiger partial charge in [0.15, 0.2) is 11.5 Å². The van der Waals surface area contributed by atoms with Gasteiger partial charge in [-0.15, -0.1) is 0 Å². The lowest BCUT2D eigenvalue weighted by Crippen LogP contribution is -2.29. The van der Waals surface area contributed by atoms with Gasteiger partial charge < -0.3 is 19.9 Å². The number of nitrogens with one attached hydrogen (secondary N) is 1. The summed E-state index contributed by atoms with van der Waals surface area (Å²) in [5.41, 5.74) is 1.06. The van der Waals surface area contributed by atoms with E-state index in [0.29, 0.717) is 38.7 Å². The molecule has 2 aliphatic rings. The molecule has 1 fully saturated rings. The molecule has 7 nitrogen and oxygen atoms in total. The van der Waals surface area contributed by atoms with E-state index in [2.05, 4.69) is 5.32 Å². The standard InChI is InChI=1S/C21H17ClN2O5S2/c22-13-4-5-15(25)14(10-13)23-19(26)2-1-7-24-20(27)18(31-21(24)30)9-12-3-6-16-17(8-12)29-11-28-16/h3-6,8-10,25H,1-2,7,11H2,(H,23,26)/b18-9-. The van der Waals surface area contributed by atoms with Crippen LogP contribution in [0.25, 0.3) is 6.08 Å². The minimum Gasteiger partial charge on any atom is -0.506 e. The van der Waals surface area contributed by atoms with Crippen LogP contribution in [0.2, 0.25) is 5.02 Å². The lowest BCUT2D eigenvalue weighted by Gasteiger charge is -2.14. The predicted octanol–water partition coefficient (Wildman–Crippen LogP) is 4.39. The van der Waals surface area contributed by atoms with Crippen molar-refractivity contribution >= 4 is 63.5 Å². The maximum absolute atomic E-state index is 12.7. The maximum Gasteiger partial charge on any atom is 0.266 e. The zero-order valence-electron chi connectivity index (χ0n) is 16.1. The van der Waals surface area contributed by atoms with Gasteiger partial charge in [-0.1, -0.05) is 41.6 Å². The van der Waals surface area contributed by atoms with Gasteiger partial charge in [-0.05, 0) is 48.4 Å². The number of hydrogen-bond acceptors (Lipinski definition) is 7. The zero-order chi connectivity index (χ0) is 22.0. The van der Waals surface area contributed by atoms with Crippen molar-refractivity contribution in [1.82, 2.24) is 4.90 Å². The smallest absolute Gasteiger partial charge is 0.266 e. The number of carbonyl (C=O) groups is 2. The first-order valence-electron chi connectivity index (χ1n) is 9.34. The Kier molecular flexibility index (Phi) is 6.35. The summed E-state index contributed by atoms with van der Waals surface area (Å²) in [5, 5.41) is 12.8. The maximum atomic E-state index is 12.7. The molecule has 2 aliphatic heterocycles. The van der Waals surface area contributed by atoms with Crippen LogP contribution in [0, 0.1) is 0 Å². The molecule has 0 atom stereocenters. The van der Waals surface area contributed by atoms with Gasteiger partial charge in [-0.25, -0.2) is 0 Å². The molecule has 2 N–H and O–H groups in total. The number of anilines is 1. The van der Waals surface area contributed by atoms with Crippen LogP contribution in [0.4, 0.5) is 5.69 Å². The summed E-state index contributed by atoms with van der Waals surface area (Å²) in [4.78, 5) is 26.9. The Morgan fingerprint density at radius 3 is 2.90 bits per heavy atom. The van der Waals surface area contributed by atoms with E-state index >= 15 is 0 Å². The van der Waals surface area contributed by atoms with Gasteiger partial charge in [0.25, 0.3) is 5.91 Å². The second kappa shape index (κ2) is 9.17. The molecule has 0 spiro atoms. The summed E-state index contributed by atoms with van der Waals surface area (Å²) in [6.07, 6.45) is 2.33. The van der Waals surface area contributed by atoms with Crippen LogP contribution in [0.5, 0.6) is 17.2 Å². The molecule has 0 unspecified atom stereocenters. The summed E-state index contributed by atoms with van der Waals surface area (Å²) >= 11 is 12.4. The van der Waals surface area contributed by atoms with Crippen molar-refractivity contribution < 1.29 is 24.2 Å². The number of thiocarbonyl (C=S) groups is 1. The van der Waals surface area contributed by atoms with Crippen LogP contribution >= 0.6 is 35.6 Å². The van der Waals surface area contributed by atoms with Gasteiger partial charge in [0.1, 0.15) is 10.1 Å². The van der Waals surface area contributed by atoms with Crippen LogP contribution in [0.3, 0.4) is 0 Å². The Bertz CT molecular complexity index is 1110. The van der Waals surface area contributed by atoms with Gasteiger partial charge in [0.2, 0.25) is 12.7 Å². The quantitative estimate of drug-likeness (QED) is 0.363. The first-order valence-corrected chi connectivity index (χ1v) is 10.9. The van der Waals surface area contributed by atoms with Crippen molar-refractivity contribution in [1.29, 1.82) is 0 Å². The number of phenols is 1. The number of nitrogens with zero attached hydrogens (tertiary/aromatic N) is 1. The normalized spacial score (nSPS) is 16.3. The Morgan fingerprint density at radius 2 is 2.06 bits per heavy atom. The van der Waals surface area contributed by atoms with E-state index in [0.717, 1.165) is 5.56 Å². The van der Waals surface area contributed by atoms with Crippen molar-refractivity contribution in [2.75, 3.05) is 18.7 Å². The number of phenolic OH excluding ortho intramolecular Hbond substituents is 1. The first-order chi connectivity index (χ1) is 14.9. The molecule has 31 heavy (non-hydrogen) atoms. The largest absolute Gasteiger partial charge is 0.506 e. The fourth-order valence-electron chi connectivity index (χ4n) is 3.07. The van der Waals surface area contributed by atoms with Crippen LogP contribution in [-0.4, -0.2) is 39.5 Å². The van der Waals surface area contributed by atoms with Crippen molar-refractivity contribution in [3.8, 4) is 17.2 Å². The zero-order valence-corrected chi connectivity index (χ0v) is 18.5. The summed E-state index contributed by atoms with van der Waals surface area (Å²) < 4.78 is 11.1. The molecular formula is C21H17ClN2O5S2. The van der Waals surface area contributed by atoms with Crippen LogP contribution in [0.1, 0.15) is 18.4 Å². The molecule has 160 valence electrons. The van der Waals surface area contributed by atoms with Gasteiger partial charge in [0, 0.05) is 18.0 Å². The lowest BCUT2D eigenvalue weighted by molar-refractivity contribution is -0.122. The molecule has 2 heterocycles. The van der Waals surface area contributed by atoms with Crippen LogP contribution in [0.15, 0.2) is 41.3 Å². The molecule has 0 aliphatic carbocycles. The highest BCUT2D eigenvalue weighted by molar-refractivity contribution is 8.26. The Hall–Kier alpha value is -2.75. The van der Waals surface area contributed by atoms with Crippen molar-refractivity contribution in [2.24, 2.45) is 0 Å². The first kappa shape index (κ1) is 21.5. The summed E-state index contributed by atoms with van der Waals surface area (Å²) in [6, 6.07) is 9.85. The molecule has 0 bridgehead atoms. The highest BCUT2D eigenvalue weighted by atomic mass is 35.5. The average Bonchev–Trinajstić information content (AvgIpc) is 3.30. The van der Waals surface area contributed by atoms with Gasteiger partial charge in [-0.2, -0.15) is 0 Å². The number of benzene rings is 2. The molecule has 0 saturated carbocycles. The SMILES string of the molecule is O=C(CCCN1C(=O)/C(=C/c2ccc3c(c2)OCO3)SC1=S)Nc1cc(Cl)ccc1O. The fraction of sp³-hybridized carbons (Fsp3) is 0.190. The van der Waals surface area contributed by atoms with E-state index in [1.165, 1.54) is 34.9 Å². The number of amides is 2. The molecule has 2 amide bonds. The summed E-state index contributed by atoms with van der Waals surface area (Å²) in [6.45, 7) is 0.503. The Balaban J connectivity index is 1.33. The van der Waals surface area contributed by atoms with E-state index in [-0.39, 0.29) is 36.5 Å². The number of aromatic hydroxyl groups is 1. The highest BCUT2D eigenvalue weighted by Gasteiger charge is 2.31. The van der Waals surface area contributed by atoms with Crippen molar-refractivity contribution in [3.63, 3.8) is 0 Å². The van der Waals surface area contributed by atoms with E-state index in [4.69, 9.17) is 33.3 Å². The van der Waals surface area contributed by atoms with E-state index < -0.39 is 0 Å². The second-order valence-corrected chi connectivity index (χ2v) is 8.87. The molecule has 10 heteroatoms. The molecule has 0 radical (unpaired) electrons. The number of ether oxygens (including phenoxy) is 2. The molecule has 4 rings (SSSR count). The minimum absolute atomic E-state index is 0.0663. The molecular weight excluding hydrogens is 460 g/mol. The molecule has 2 aromatic rings. The third-order valence-electron chi connectivity index (χ3n) is 4.59. The van der Waals surface area contributed by atoms with Crippen LogP contribution in [-0.2, 0) is 9.59 Å².